The molecule has 194 valence electrons. The molecule has 1 aromatic heterocycles. The van der Waals surface area contributed by atoms with Gasteiger partial charge in [0.2, 0.25) is 0 Å². The molecule has 0 bridgehead atoms. The Morgan fingerprint density at radius 1 is 1.19 bits per heavy atom. The predicted molar refractivity (Wildman–Crippen MR) is 153 cm³/mol. The minimum atomic E-state index is -0.627. The fourth-order valence-corrected chi connectivity index (χ4v) is 6.00. The van der Waals surface area contributed by atoms with Crippen molar-refractivity contribution in [3.05, 3.63) is 87.6 Å². The number of halogens is 1. The van der Waals surface area contributed by atoms with Gasteiger partial charge >= 0.3 is 5.97 Å². The number of thiazole rings is 1. The first-order valence-corrected chi connectivity index (χ1v) is 13.9. The molecule has 0 N–H and O–H groups in total. The quantitative estimate of drug-likeness (QED) is 0.270. The summed E-state index contributed by atoms with van der Waals surface area (Å²) < 4.78 is 19.8. The molecule has 1 atom stereocenters. The Balaban J connectivity index is 1.89. The summed E-state index contributed by atoms with van der Waals surface area (Å²) in [7, 11) is 1.60. The van der Waals surface area contributed by atoms with Gasteiger partial charge in [-0.1, -0.05) is 48.1 Å². The van der Waals surface area contributed by atoms with Crippen LogP contribution in [0.15, 0.2) is 57.5 Å². The lowest BCUT2D eigenvalue weighted by Gasteiger charge is -2.24. The number of esters is 1. The topological polar surface area (TPSA) is 79.1 Å². The zero-order valence-corrected chi connectivity index (χ0v) is 24.4. The van der Waals surface area contributed by atoms with Crippen LogP contribution in [0.3, 0.4) is 0 Å². The summed E-state index contributed by atoms with van der Waals surface area (Å²) in [6.07, 6.45) is 2.71. The number of carbonyl (C=O) groups excluding carboxylic acids is 1. The number of allylic oxidation sites excluding steroid dienone is 1. The molecule has 0 spiro atoms. The average Bonchev–Trinajstić information content (AvgIpc) is 3.17. The molecule has 7 nitrogen and oxygen atoms in total. The second-order valence-electron chi connectivity index (χ2n) is 8.60. The first-order chi connectivity index (χ1) is 17.8. The number of aromatic nitrogens is 1. The smallest absolute Gasteiger partial charge is 0.338 e. The van der Waals surface area contributed by atoms with Crippen LogP contribution < -0.4 is 24.4 Å². The van der Waals surface area contributed by atoms with Gasteiger partial charge in [0.15, 0.2) is 16.3 Å². The molecule has 9 heteroatoms. The number of hydrogen-bond donors (Lipinski definition) is 0. The Morgan fingerprint density at radius 2 is 1.92 bits per heavy atom. The highest BCUT2D eigenvalue weighted by molar-refractivity contribution is 14.1. The Morgan fingerprint density at radius 3 is 2.57 bits per heavy atom. The van der Waals surface area contributed by atoms with Gasteiger partial charge in [-0.15, -0.1) is 0 Å². The number of ether oxygens (including phenoxy) is 3. The lowest BCUT2D eigenvalue weighted by atomic mass is 9.95. The van der Waals surface area contributed by atoms with Crippen molar-refractivity contribution in [1.29, 1.82) is 0 Å². The normalized spacial score (nSPS) is 15.3. The van der Waals surface area contributed by atoms with E-state index in [1.807, 2.05) is 56.3 Å². The molecule has 0 aliphatic carbocycles. The molecule has 0 saturated heterocycles. The maximum Gasteiger partial charge on any atom is 0.338 e. The lowest BCUT2D eigenvalue weighted by molar-refractivity contribution is -0.139. The Hall–Kier alpha value is -2.92. The number of nitrogens with zero attached hydrogens (tertiary/aromatic N) is 2. The zero-order chi connectivity index (χ0) is 26.7. The summed E-state index contributed by atoms with van der Waals surface area (Å²) >= 11 is 3.51. The molecule has 2 aromatic carbocycles. The van der Waals surface area contributed by atoms with E-state index in [1.165, 1.54) is 11.3 Å². The lowest BCUT2D eigenvalue weighted by Crippen LogP contribution is -2.39. The molecule has 37 heavy (non-hydrogen) atoms. The van der Waals surface area contributed by atoms with Crippen LogP contribution in [-0.2, 0) is 9.53 Å². The first-order valence-electron chi connectivity index (χ1n) is 12.1. The van der Waals surface area contributed by atoms with Gasteiger partial charge in [-0.3, -0.25) is 9.36 Å². The van der Waals surface area contributed by atoms with Gasteiger partial charge in [-0.2, -0.15) is 0 Å². The van der Waals surface area contributed by atoms with E-state index >= 15 is 0 Å². The third-order valence-corrected chi connectivity index (χ3v) is 7.69. The van der Waals surface area contributed by atoms with Gasteiger partial charge in [-0.05, 0) is 79.1 Å². The molecule has 2 heterocycles. The van der Waals surface area contributed by atoms with Crippen molar-refractivity contribution in [2.24, 2.45) is 4.99 Å². The number of fused-ring (bicyclic) bond motifs is 1. The number of aryl methyl sites for hydroxylation is 1. The van der Waals surface area contributed by atoms with Crippen molar-refractivity contribution in [1.82, 2.24) is 4.57 Å². The molecule has 0 fully saturated rings. The van der Waals surface area contributed by atoms with Gasteiger partial charge in [0.25, 0.3) is 5.56 Å². The van der Waals surface area contributed by atoms with E-state index < -0.39 is 12.0 Å². The van der Waals surface area contributed by atoms with Crippen molar-refractivity contribution in [2.45, 2.75) is 40.2 Å². The number of benzene rings is 2. The van der Waals surface area contributed by atoms with E-state index in [0.717, 1.165) is 26.7 Å². The minimum Gasteiger partial charge on any atom is -0.493 e. The van der Waals surface area contributed by atoms with Gasteiger partial charge in [0.05, 0.1) is 45.7 Å². The summed E-state index contributed by atoms with van der Waals surface area (Å²) in [5.74, 6) is 0.834. The molecule has 4 rings (SSSR count). The third-order valence-electron chi connectivity index (χ3n) is 5.91. The van der Waals surface area contributed by atoms with Crippen molar-refractivity contribution < 1.29 is 19.0 Å². The molecular formula is C28H29IN2O5S. The van der Waals surface area contributed by atoms with Crippen LogP contribution in [0.4, 0.5) is 0 Å². The standard InChI is InChI=1S/C28H29IN2O5S/c1-6-12-36-25-20(29)13-18(14-21(25)34-5)15-22-26(32)31-24(19-10-8-16(3)9-11-19)23(27(33)35-7-2)17(4)30-28(31)37-22/h8-11,13-15,24H,6-7,12H2,1-5H3/b22-15+/t24-/m0/s1. The van der Waals surface area contributed by atoms with Gasteiger partial charge in [0.1, 0.15) is 0 Å². The average molecular weight is 633 g/mol. The number of hydrogen-bond acceptors (Lipinski definition) is 7. The van der Waals surface area contributed by atoms with Crippen molar-refractivity contribution in [3.8, 4) is 11.5 Å². The monoisotopic (exact) mass is 632 g/mol. The molecule has 0 amide bonds. The summed E-state index contributed by atoms with van der Waals surface area (Å²) in [5, 5.41) is 0. The Kier molecular flexibility index (Phi) is 8.53. The second-order valence-corrected chi connectivity index (χ2v) is 10.8. The molecule has 0 radical (unpaired) electrons. The van der Waals surface area contributed by atoms with Crippen LogP contribution >= 0.6 is 33.9 Å². The van der Waals surface area contributed by atoms with E-state index in [9.17, 15) is 9.59 Å². The fraction of sp³-hybridized carbons (Fsp3) is 0.321. The van der Waals surface area contributed by atoms with Crippen molar-refractivity contribution in [2.75, 3.05) is 20.3 Å². The largest absolute Gasteiger partial charge is 0.493 e. The van der Waals surface area contributed by atoms with Gasteiger partial charge < -0.3 is 14.2 Å². The maximum atomic E-state index is 13.8. The van der Waals surface area contributed by atoms with Gasteiger partial charge in [0, 0.05) is 0 Å². The van der Waals surface area contributed by atoms with E-state index in [-0.39, 0.29) is 12.2 Å². The zero-order valence-electron chi connectivity index (χ0n) is 21.5. The van der Waals surface area contributed by atoms with Crippen LogP contribution in [0.1, 0.15) is 49.9 Å². The second kappa shape index (κ2) is 11.6. The van der Waals surface area contributed by atoms with E-state index in [1.54, 1.807) is 25.5 Å². The molecule has 0 saturated carbocycles. The highest BCUT2D eigenvalue weighted by atomic mass is 127. The molecule has 0 unspecified atom stereocenters. The molecule has 1 aliphatic rings. The number of methoxy groups -OCH3 is 1. The predicted octanol–water partition coefficient (Wildman–Crippen LogP) is 4.51. The molecular weight excluding hydrogens is 603 g/mol. The maximum absolute atomic E-state index is 13.8. The van der Waals surface area contributed by atoms with Crippen LogP contribution in [0.25, 0.3) is 6.08 Å². The van der Waals surface area contributed by atoms with Crippen molar-refractivity contribution in [3.63, 3.8) is 0 Å². The van der Waals surface area contributed by atoms with Crippen LogP contribution in [0, 0.1) is 10.5 Å². The van der Waals surface area contributed by atoms with Crippen LogP contribution in [-0.4, -0.2) is 30.9 Å². The third kappa shape index (κ3) is 5.52. The van der Waals surface area contributed by atoms with Crippen LogP contribution in [0.5, 0.6) is 11.5 Å². The SMILES string of the molecule is CCCOc1c(I)cc(/C=c2/sc3n(c2=O)[C@@H](c2ccc(C)cc2)C(C(=O)OCC)=C(C)N=3)cc1OC. The highest BCUT2D eigenvalue weighted by Crippen LogP contribution is 2.34. The minimum absolute atomic E-state index is 0.219. The highest BCUT2D eigenvalue weighted by Gasteiger charge is 2.33. The number of rotatable bonds is 8. The van der Waals surface area contributed by atoms with E-state index in [2.05, 4.69) is 27.6 Å². The summed E-state index contributed by atoms with van der Waals surface area (Å²) in [6.45, 7) is 8.42. The Bertz CT molecular complexity index is 1540. The fourth-order valence-electron chi connectivity index (χ4n) is 4.17. The van der Waals surface area contributed by atoms with Crippen molar-refractivity contribution >= 4 is 46.0 Å². The van der Waals surface area contributed by atoms with Gasteiger partial charge in [-0.25, -0.2) is 9.79 Å². The summed E-state index contributed by atoms with van der Waals surface area (Å²) in [4.78, 5) is 32.0. The molecule has 1 aliphatic heterocycles. The summed E-state index contributed by atoms with van der Waals surface area (Å²) in [5.41, 5.74) is 3.42. The Labute approximate surface area is 233 Å². The summed E-state index contributed by atoms with van der Waals surface area (Å²) in [6, 6.07) is 11.0. The molecule has 3 aromatic rings. The van der Waals surface area contributed by atoms with E-state index in [4.69, 9.17) is 14.2 Å². The first kappa shape index (κ1) is 27.1. The van der Waals surface area contributed by atoms with Crippen LogP contribution in [0.2, 0.25) is 0 Å². The van der Waals surface area contributed by atoms with E-state index in [0.29, 0.717) is 38.7 Å². The number of carbonyl (C=O) groups is 1.